The molecule has 0 saturated heterocycles. The minimum absolute atomic E-state index is 0.542. The van der Waals surface area contributed by atoms with Gasteiger partial charge in [0, 0.05) is 36.1 Å². The van der Waals surface area contributed by atoms with Gasteiger partial charge in [0.15, 0.2) is 0 Å². The zero-order valence-corrected chi connectivity index (χ0v) is 13.1. The monoisotopic (exact) mass is 315 g/mol. The lowest BCUT2D eigenvalue weighted by Gasteiger charge is -2.06. The molecule has 5 nitrogen and oxygen atoms in total. The maximum absolute atomic E-state index is 5.70. The first-order valence-corrected chi connectivity index (χ1v) is 7.90. The number of aromatic nitrogens is 4. The summed E-state index contributed by atoms with van der Waals surface area (Å²) < 4.78 is 1.88. The van der Waals surface area contributed by atoms with E-state index in [4.69, 9.17) is 10.8 Å². The molecule has 0 aliphatic carbocycles. The largest absolute Gasteiger partial charge is 0.329 e. The topological polar surface area (TPSA) is 69.6 Å². The van der Waals surface area contributed by atoms with Crippen LogP contribution in [0.1, 0.15) is 0 Å². The highest BCUT2D eigenvalue weighted by Crippen LogP contribution is 2.33. The fourth-order valence-corrected chi connectivity index (χ4v) is 2.89. The number of rotatable bonds is 4. The van der Waals surface area contributed by atoms with Gasteiger partial charge < -0.3 is 5.73 Å². The molecule has 3 heterocycles. The van der Waals surface area contributed by atoms with Crippen LogP contribution < -0.4 is 5.73 Å². The van der Waals surface area contributed by atoms with E-state index in [9.17, 15) is 0 Å². The van der Waals surface area contributed by atoms with Crippen LogP contribution in [0, 0.1) is 0 Å². The second kappa shape index (κ2) is 6.22. The van der Waals surface area contributed by atoms with Gasteiger partial charge in [-0.25, -0.2) is 0 Å². The first-order valence-electron chi connectivity index (χ1n) is 7.90. The summed E-state index contributed by atoms with van der Waals surface area (Å²) in [6.45, 7) is 1.21. The predicted octanol–water partition coefficient (Wildman–Crippen LogP) is 3.12. The lowest BCUT2D eigenvalue weighted by Crippen LogP contribution is -2.10. The Morgan fingerprint density at radius 2 is 1.75 bits per heavy atom. The number of nitrogens with zero attached hydrogens (tertiary/aromatic N) is 4. The molecular weight excluding hydrogens is 298 g/mol. The number of nitrogens with two attached hydrogens (primary N) is 1. The number of para-hydroxylation sites is 1. The summed E-state index contributed by atoms with van der Waals surface area (Å²) >= 11 is 0. The van der Waals surface area contributed by atoms with Crippen LogP contribution in [-0.4, -0.2) is 26.3 Å². The van der Waals surface area contributed by atoms with Crippen LogP contribution in [0.25, 0.3) is 33.4 Å². The van der Waals surface area contributed by atoms with Gasteiger partial charge in [-0.1, -0.05) is 24.3 Å². The molecule has 0 atom stereocenters. The van der Waals surface area contributed by atoms with Gasteiger partial charge in [0.25, 0.3) is 0 Å². The summed E-state index contributed by atoms with van der Waals surface area (Å²) in [5.74, 6) is 0. The standard InChI is InChI=1S/C19H17N5/c20-9-12-24-13-16(19(23-24)18-7-3-4-10-21-18)14-8-11-22-17-6-2-1-5-15(14)17/h1-8,10-11,13H,9,12,20H2. The van der Waals surface area contributed by atoms with E-state index in [0.29, 0.717) is 13.1 Å². The average Bonchev–Trinajstić information content (AvgIpc) is 3.06. The lowest BCUT2D eigenvalue weighted by molar-refractivity contribution is 0.627. The van der Waals surface area contributed by atoms with Crippen molar-refractivity contribution in [3.05, 3.63) is 67.1 Å². The van der Waals surface area contributed by atoms with Gasteiger partial charge in [0.05, 0.1) is 17.8 Å². The number of hydrogen-bond acceptors (Lipinski definition) is 4. The average molecular weight is 315 g/mol. The first kappa shape index (κ1) is 14.5. The summed E-state index contributed by atoms with van der Waals surface area (Å²) in [5.41, 5.74) is 10.5. The Hall–Kier alpha value is -3.05. The number of pyridine rings is 2. The Morgan fingerprint density at radius 1 is 0.875 bits per heavy atom. The van der Waals surface area contributed by atoms with Crippen molar-refractivity contribution in [2.45, 2.75) is 6.54 Å². The quantitative estimate of drug-likeness (QED) is 0.628. The van der Waals surface area contributed by atoms with Crippen molar-refractivity contribution in [3.8, 4) is 22.5 Å². The fourth-order valence-electron chi connectivity index (χ4n) is 2.89. The van der Waals surface area contributed by atoms with Crippen molar-refractivity contribution in [2.24, 2.45) is 5.73 Å². The Labute approximate surface area is 139 Å². The Balaban J connectivity index is 1.96. The Morgan fingerprint density at radius 3 is 2.58 bits per heavy atom. The van der Waals surface area contributed by atoms with Crippen LogP contribution in [0.15, 0.2) is 67.1 Å². The first-order chi connectivity index (χ1) is 11.9. The number of fused-ring (bicyclic) bond motifs is 1. The van der Waals surface area contributed by atoms with Gasteiger partial charge in [-0.2, -0.15) is 5.10 Å². The van der Waals surface area contributed by atoms with E-state index in [-0.39, 0.29) is 0 Å². The van der Waals surface area contributed by atoms with Crippen molar-refractivity contribution in [3.63, 3.8) is 0 Å². The highest BCUT2D eigenvalue weighted by atomic mass is 15.3. The zero-order chi connectivity index (χ0) is 16.4. The SMILES string of the molecule is NCCn1cc(-c2ccnc3ccccc23)c(-c2ccccn2)n1. The van der Waals surface area contributed by atoms with Gasteiger partial charge >= 0.3 is 0 Å². The van der Waals surface area contributed by atoms with Crippen LogP contribution in [0.4, 0.5) is 0 Å². The molecule has 0 saturated carbocycles. The highest BCUT2D eigenvalue weighted by Gasteiger charge is 2.16. The maximum Gasteiger partial charge on any atom is 0.119 e. The maximum atomic E-state index is 5.70. The third-order valence-electron chi connectivity index (χ3n) is 3.97. The molecule has 0 unspecified atom stereocenters. The molecule has 4 rings (SSSR count). The van der Waals surface area contributed by atoms with Crippen LogP contribution >= 0.6 is 0 Å². The van der Waals surface area contributed by atoms with Crippen molar-refractivity contribution in [2.75, 3.05) is 6.54 Å². The van der Waals surface area contributed by atoms with Crippen LogP contribution in [0.2, 0.25) is 0 Å². The second-order valence-corrected chi connectivity index (χ2v) is 5.53. The van der Waals surface area contributed by atoms with E-state index in [1.54, 1.807) is 6.20 Å². The number of hydrogen-bond donors (Lipinski definition) is 1. The summed E-state index contributed by atoms with van der Waals surface area (Å²) in [6, 6.07) is 16.0. The lowest BCUT2D eigenvalue weighted by atomic mass is 10.0. The van der Waals surface area contributed by atoms with Crippen LogP contribution in [-0.2, 0) is 6.54 Å². The molecule has 2 N–H and O–H groups in total. The van der Waals surface area contributed by atoms with Crippen molar-refractivity contribution in [1.82, 2.24) is 19.7 Å². The molecule has 0 fully saturated rings. The normalized spacial score (nSPS) is 11.0. The van der Waals surface area contributed by atoms with Crippen molar-refractivity contribution < 1.29 is 0 Å². The molecule has 0 aliphatic rings. The summed E-state index contributed by atoms with van der Waals surface area (Å²) in [5, 5.41) is 5.81. The van der Waals surface area contributed by atoms with Crippen molar-refractivity contribution in [1.29, 1.82) is 0 Å². The summed E-state index contributed by atoms with van der Waals surface area (Å²) in [6.07, 6.45) is 5.66. The smallest absolute Gasteiger partial charge is 0.119 e. The van der Waals surface area contributed by atoms with Crippen LogP contribution in [0.3, 0.4) is 0 Å². The minimum atomic E-state index is 0.542. The molecule has 118 valence electrons. The Kier molecular flexibility index (Phi) is 3.76. The molecule has 3 aromatic heterocycles. The molecule has 24 heavy (non-hydrogen) atoms. The van der Waals surface area contributed by atoms with Crippen molar-refractivity contribution >= 4 is 10.9 Å². The molecule has 0 amide bonds. The fraction of sp³-hybridized carbons (Fsp3) is 0.105. The molecule has 4 aromatic rings. The molecule has 0 radical (unpaired) electrons. The number of benzene rings is 1. The van der Waals surface area contributed by atoms with E-state index in [1.807, 2.05) is 59.5 Å². The Bertz CT molecular complexity index is 970. The molecule has 0 aliphatic heterocycles. The highest BCUT2D eigenvalue weighted by molar-refractivity contribution is 5.97. The minimum Gasteiger partial charge on any atom is -0.329 e. The molecule has 0 spiro atoms. The molecule has 0 bridgehead atoms. The van der Waals surface area contributed by atoms with E-state index < -0.39 is 0 Å². The van der Waals surface area contributed by atoms with Gasteiger partial charge in [0.1, 0.15) is 5.69 Å². The van der Waals surface area contributed by atoms with E-state index in [1.165, 1.54) is 0 Å². The summed E-state index contributed by atoms with van der Waals surface area (Å²) in [7, 11) is 0. The predicted molar refractivity (Wildman–Crippen MR) is 95.2 cm³/mol. The van der Waals surface area contributed by atoms with Gasteiger partial charge in [-0.15, -0.1) is 0 Å². The molecular formula is C19H17N5. The van der Waals surface area contributed by atoms with E-state index in [2.05, 4.69) is 16.0 Å². The molecule has 5 heteroatoms. The van der Waals surface area contributed by atoms with Crippen LogP contribution in [0.5, 0.6) is 0 Å². The van der Waals surface area contributed by atoms with Gasteiger partial charge in [-0.3, -0.25) is 14.6 Å². The van der Waals surface area contributed by atoms with E-state index >= 15 is 0 Å². The molecule has 1 aromatic carbocycles. The third-order valence-corrected chi connectivity index (χ3v) is 3.97. The second-order valence-electron chi connectivity index (χ2n) is 5.53. The van der Waals surface area contributed by atoms with Gasteiger partial charge in [-0.05, 0) is 29.8 Å². The third kappa shape index (κ3) is 2.55. The van der Waals surface area contributed by atoms with Gasteiger partial charge in [0.2, 0.25) is 0 Å². The summed E-state index contributed by atoms with van der Waals surface area (Å²) in [4.78, 5) is 8.92. The zero-order valence-electron chi connectivity index (χ0n) is 13.1. The van der Waals surface area contributed by atoms with E-state index in [0.717, 1.165) is 33.4 Å².